The van der Waals surface area contributed by atoms with Gasteiger partial charge in [-0.25, -0.2) is 0 Å². The molecule has 0 fully saturated rings. The topological polar surface area (TPSA) is 81.4 Å². The maximum atomic E-state index is 12.3. The number of anilines is 1. The summed E-state index contributed by atoms with van der Waals surface area (Å²) in [7, 11) is 0. The Kier molecular flexibility index (Phi) is 5.94. The van der Waals surface area contributed by atoms with Crippen molar-refractivity contribution in [3.05, 3.63) is 66.2 Å². The summed E-state index contributed by atoms with van der Waals surface area (Å²) in [5.41, 5.74) is 3.42. The van der Waals surface area contributed by atoms with Crippen molar-refractivity contribution in [3.8, 4) is 17.1 Å². The van der Waals surface area contributed by atoms with Gasteiger partial charge < -0.3 is 10.1 Å². The summed E-state index contributed by atoms with van der Waals surface area (Å²) in [6.07, 6.45) is 0. The van der Waals surface area contributed by atoms with E-state index in [9.17, 15) is 4.79 Å². The number of thioether (sulfide) groups is 1. The summed E-state index contributed by atoms with van der Waals surface area (Å²) < 4.78 is 7.18. The van der Waals surface area contributed by atoms with Gasteiger partial charge >= 0.3 is 0 Å². The zero-order chi connectivity index (χ0) is 20.9. The predicted molar refractivity (Wildman–Crippen MR) is 118 cm³/mol. The molecule has 4 aromatic rings. The molecule has 1 amide bonds. The highest BCUT2D eigenvalue weighted by molar-refractivity contribution is 7.99. The van der Waals surface area contributed by atoms with E-state index in [2.05, 4.69) is 20.6 Å². The normalized spacial score (nSPS) is 10.9. The van der Waals surface area contributed by atoms with Crippen LogP contribution in [0.2, 0.25) is 0 Å². The maximum Gasteiger partial charge on any atom is 0.234 e. The summed E-state index contributed by atoms with van der Waals surface area (Å²) in [6.45, 7) is 4.56. The Balaban J connectivity index is 1.47. The molecule has 0 aliphatic rings. The van der Waals surface area contributed by atoms with Gasteiger partial charge in [0.05, 0.1) is 12.4 Å². The Hall–Kier alpha value is -3.39. The minimum atomic E-state index is -0.0806. The highest BCUT2D eigenvalue weighted by Crippen LogP contribution is 2.23. The lowest BCUT2D eigenvalue weighted by molar-refractivity contribution is -0.113. The number of aryl methyl sites for hydroxylation is 1. The van der Waals surface area contributed by atoms with E-state index >= 15 is 0 Å². The molecule has 0 bridgehead atoms. The first-order valence-corrected chi connectivity index (χ1v) is 10.6. The lowest BCUT2D eigenvalue weighted by atomic mass is 10.2. The molecule has 2 heterocycles. The van der Waals surface area contributed by atoms with E-state index in [1.54, 1.807) is 4.52 Å². The first-order chi connectivity index (χ1) is 14.6. The van der Waals surface area contributed by atoms with Crippen LogP contribution in [0.25, 0.3) is 17.0 Å². The minimum absolute atomic E-state index is 0.0806. The van der Waals surface area contributed by atoms with E-state index < -0.39 is 0 Å². The van der Waals surface area contributed by atoms with Crippen LogP contribution < -0.4 is 10.1 Å². The van der Waals surface area contributed by atoms with E-state index in [4.69, 9.17) is 4.74 Å². The van der Waals surface area contributed by atoms with Gasteiger partial charge in [-0.2, -0.15) is 9.61 Å². The van der Waals surface area contributed by atoms with Crippen molar-refractivity contribution in [1.82, 2.24) is 19.8 Å². The van der Waals surface area contributed by atoms with Crippen LogP contribution in [-0.4, -0.2) is 38.1 Å². The van der Waals surface area contributed by atoms with Gasteiger partial charge in [0.25, 0.3) is 0 Å². The average molecular weight is 420 g/mol. The molecule has 0 saturated carbocycles. The number of amides is 1. The SMILES string of the molecule is CCOc1ccc(-c2nnc3ccc(SCC(=O)Nc4cccc(C)c4)nn23)cc1. The molecule has 152 valence electrons. The Bertz CT molecular complexity index is 1170. The molecule has 0 unspecified atom stereocenters. The quantitative estimate of drug-likeness (QED) is 0.452. The molecular weight excluding hydrogens is 398 g/mol. The molecule has 0 radical (unpaired) electrons. The number of benzene rings is 2. The molecule has 2 aromatic carbocycles. The number of nitrogens with one attached hydrogen (secondary N) is 1. The first-order valence-electron chi connectivity index (χ1n) is 9.57. The molecule has 0 aliphatic carbocycles. The standard InChI is InChI=1S/C22H21N5O2S/c1-3-29-18-9-7-16(8-10-18)22-25-24-19-11-12-21(26-27(19)22)30-14-20(28)23-17-6-4-5-15(2)13-17/h4-13H,3,14H2,1-2H3,(H,23,28). The van der Waals surface area contributed by atoms with Crippen LogP contribution >= 0.6 is 11.8 Å². The molecule has 0 saturated heterocycles. The zero-order valence-electron chi connectivity index (χ0n) is 16.7. The van der Waals surface area contributed by atoms with Crippen LogP contribution in [0.4, 0.5) is 5.69 Å². The highest BCUT2D eigenvalue weighted by Gasteiger charge is 2.12. The van der Waals surface area contributed by atoms with Crippen molar-refractivity contribution in [3.63, 3.8) is 0 Å². The largest absolute Gasteiger partial charge is 0.494 e. The van der Waals surface area contributed by atoms with Gasteiger partial charge in [0.15, 0.2) is 11.5 Å². The van der Waals surface area contributed by atoms with Crippen molar-refractivity contribution in [2.75, 3.05) is 17.7 Å². The average Bonchev–Trinajstić information content (AvgIpc) is 3.16. The van der Waals surface area contributed by atoms with E-state index in [1.807, 2.05) is 74.5 Å². The van der Waals surface area contributed by atoms with Crippen molar-refractivity contribution < 1.29 is 9.53 Å². The fraction of sp³-hybridized carbons (Fsp3) is 0.182. The van der Waals surface area contributed by atoms with Crippen LogP contribution in [0.3, 0.4) is 0 Å². The molecule has 2 aromatic heterocycles. The first kappa shape index (κ1) is 19.9. The molecule has 0 spiro atoms. The summed E-state index contributed by atoms with van der Waals surface area (Å²) >= 11 is 1.36. The third-order valence-electron chi connectivity index (χ3n) is 4.31. The van der Waals surface area contributed by atoms with Crippen molar-refractivity contribution in [2.24, 2.45) is 0 Å². The number of carbonyl (C=O) groups is 1. The summed E-state index contributed by atoms with van der Waals surface area (Å²) in [5, 5.41) is 16.7. The van der Waals surface area contributed by atoms with Gasteiger partial charge in [-0.15, -0.1) is 10.2 Å². The minimum Gasteiger partial charge on any atom is -0.494 e. The number of hydrogen-bond donors (Lipinski definition) is 1. The van der Waals surface area contributed by atoms with E-state index in [0.29, 0.717) is 23.1 Å². The van der Waals surface area contributed by atoms with E-state index in [0.717, 1.165) is 22.6 Å². The number of fused-ring (bicyclic) bond motifs is 1. The number of hydrogen-bond acceptors (Lipinski definition) is 6. The molecule has 1 N–H and O–H groups in total. The van der Waals surface area contributed by atoms with Crippen LogP contribution in [0.5, 0.6) is 5.75 Å². The van der Waals surface area contributed by atoms with Crippen LogP contribution in [0.1, 0.15) is 12.5 Å². The third kappa shape index (κ3) is 4.60. The zero-order valence-corrected chi connectivity index (χ0v) is 17.5. The number of ether oxygens (including phenoxy) is 1. The van der Waals surface area contributed by atoms with Gasteiger partial charge in [-0.1, -0.05) is 23.9 Å². The van der Waals surface area contributed by atoms with Crippen LogP contribution in [0, 0.1) is 6.92 Å². The fourth-order valence-electron chi connectivity index (χ4n) is 2.96. The lowest BCUT2D eigenvalue weighted by Gasteiger charge is -2.06. The van der Waals surface area contributed by atoms with Crippen LogP contribution in [-0.2, 0) is 4.79 Å². The molecule has 30 heavy (non-hydrogen) atoms. The Morgan fingerprint density at radius 2 is 1.93 bits per heavy atom. The molecular formula is C22H21N5O2S. The van der Waals surface area contributed by atoms with E-state index in [1.165, 1.54) is 11.8 Å². The highest BCUT2D eigenvalue weighted by atomic mass is 32.2. The molecule has 7 nitrogen and oxygen atoms in total. The smallest absolute Gasteiger partial charge is 0.234 e. The van der Waals surface area contributed by atoms with Gasteiger partial charge in [0.1, 0.15) is 10.8 Å². The van der Waals surface area contributed by atoms with Gasteiger partial charge in [-0.3, -0.25) is 4.79 Å². The number of aromatic nitrogens is 4. The Morgan fingerprint density at radius 3 is 2.70 bits per heavy atom. The fourth-order valence-corrected chi connectivity index (χ4v) is 3.61. The third-order valence-corrected chi connectivity index (χ3v) is 5.23. The molecule has 8 heteroatoms. The Morgan fingerprint density at radius 1 is 1.10 bits per heavy atom. The van der Waals surface area contributed by atoms with Crippen molar-refractivity contribution in [2.45, 2.75) is 18.9 Å². The predicted octanol–water partition coefficient (Wildman–Crippen LogP) is 4.23. The van der Waals surface area contributed by atoms with Crippen LogP contribution in [0.15, 0.2) is 65.7 Å². The monoisotopic (exact) mass is 419 g/mol. The molecule has 0 aliphatic heterocycles. The second-order valence-electron chi connectivity index (χ2n) is 6.63. The Labute approximate surface area is 178 Å². The van der Waals surface area contributed by atoms with Gasteiger partial charge in [0.2, 0.25) is 5.91 Å². The maximum absolute atomic E-state index is 12.3. The summed E-state index contributed by atoms with van der Waals surface area (Å²) in [4.78, 5) is 12.3. The van der Waals surface area contributed by atoms with Gasteiger partial charge in [-0.05, 0) is 67.9 Å². The lowest BCUT2D eigenvalue weighted by Crippen LogP contribution is -2.14. The summed E-state index contributed by atoms with van der Waals surface area (Å²) in [6, 6.07) is 19.1. The van der Waals surface area contributed by atoms with Crippen molar-refractivity contribution >= 4 is 29.0 Å². The van der Waals surface area contributed by atoms with Gasteiger partial charge in [0, 0.05) is 11.3 Å². The second kappa shape index (κ2) is 8.96. The number of rotatable bonds is 7. The molecule has 4 rings (SSSR count). The number of carbonyl (C=O) groups excluding carboxylic acids is 1. The van der Waals surface area contributed by atoms with E-state index in [-0.39, 0.29) is 11.7 Å². The number of nitrogens with zero attached hydrogens (tertiary/aromatic N) is 4. The second-order valence-corrected chi connectivity index (χ2v) is 7.62. The molecule has 0 atom stereocenters. The summed E-state index contributed by atoms with van der Waals surface area (Å²) in [5.74, 6) is 1.62. The van der Waals surface area contributed by atoms with Crippen molar-refractivity contribution in [1.29, 1.82) is 0 Å².